The predicted molar refractivity (Wildman–Crippen MR) is 87.5 cm³/mol. The monoisotopic (exact) mass is 316 g/mol. The van der Waals surface area contributed by atoms with Gasteiger partial charge in [0.05, 0.1) is 6.26 Å². The minimum Gasteiger partial charge on any atom is -0.461 e. The molecular weight excluding hydrogens is 304 g/mol. The topological polar surface area (TPSA) is 44.3 Å². The third-order valence-corrected chi connectivity index (χ3v) is 4.02. The van der Waals surface area contributed by atoms with Crippen molar-refractivity contribution in [3.05, 3.63) is 60.1 Å². The first-order valence-electron chi connectivity index (χ1n) is 6.45. The Hall–Kier alpha value is -1.86. The molecule has 106 valence electrons. The van der Waals surface area contributed by atoms with Crippen LogP contribution in [0.2, 0.25) is 0 Å². The first-order chi connectivity index (χ1) is 10.3. The molecule has 0 saturated heterocycles. The van der Waals surface area contributed by atoms with E-state index in [4.69, 9.17) is 4.42 Å². The number of aliphatic imine (C=N–C) groups is 2. The number of thiol groups is 2. The van der Waals surface area contributed by atoms with E-state index in [9.17, 15) is 0 Å². The molecule has 2 aromatic rings. The summed E-state index contributed by atoms with van der Waals surface area (Å²) in [6, 6.07) is 13.6. The molecule has 1 aromatic heterocycles. The zero-order valence-electron chi connectivity index (χ0n) is 10.9. The number of fused-ring (bicyclic) bond motifs is 1. The van der Waals surface area contributed by atoms with E-state index in [1.165, 1.54) is 0 Å². The molecular formula is C14H12N4OS2. The maximum Gasteiger partial charge on any atom is 0.192 e. The van der Waals surface area contributed by atoms with Crippen LogP contribution in [0.1, 0.15) is 11.3 Å². The van der Waals surface area contributed by atoms with Crippen LogP contribution in [0, 0.1) is 0 Å². The zero-order chi connectivity index (χ0) is 14.4. The molecule has 4 rings (SSSR count). The second kappa shape index (κ2) is 4.85. The van der Waals surface area contributed by atoms with Crippen LogP contribution >= 0.6 is 25.3 Å². The van der Waals surface area contributed by atoms with Crippen LogP contribution in [-0.2, 0) is 0 Å². The fraction of sp³-hybridized carbons (Fsp3) is 0.143. The lowest BCUT2D eigenvalue weighted by Gasteiger charge is -2.28. The van der Waals surface area contributed by atoms with Gasteiger partial charge in [0.2, 0.25) is 0 Å². The summed E-state index contributed by atoms with van der Waals surface area (Å²) in [5, 5.41) is 3.82. The lowest BCUT2D eigenvalue weighted by molar-refractivity contribution is 0.167. The molecule has 0 amide bonds. The van der Waals surface area contributed by atoms with Gasteiger partial charge in [0.15, 0.2) is 28.4 Å². The van der Waals surface area contributed by atoms with Gasteiger partial charge in [-0.25, -0.2) is 20.0 Å². The number of hydrazine groups is 1. The Labute approximate surface area is 132 Å². The largest absolute Gasteiger partial charge is 0.461 e. The van der Waals surface area contributed by atoms with Crippen molar-refractivity contribution in [2.45, 2.75) is 11.0 Å². The number of amidine groups is 2. The Morgan fingerprint density at radius 2 is 1.52 bits per heavy atom. The highest BCUT2D eigenvalue weighted by Gasteiger charge is 2.44. The van der Waals surface area contributed by atoms with E-state index < -0.39 is 0 Å². The molecule has 0 bridgehead atoms. The minimum absolute atomic E-state index is 0.346. The van der Waals surface area contributed by atoms with E-state index in [0.717, 1.165) is 11.4 Å². The zero-order valence-corrected chi connectivity index (χ0v) is 12.7. The Morgan fingerprint density at radius 3 is 2.19 bits per heavy atom. The summed E-state index contributed by atoms with van der Waals surface area (Å²) in [7, 11) is 0. The number of benzene rings is 1. The van der Waals surface area contributed by atoms with E-state index in [1.54, 1.807) is 6.26 Å². The fourth-order valence-corrected chi connectivity index (χ4v) is 3.13. The van der Waals surface area contributed by atoms with Gasteiger partial charge in [-0.05, 0) is 12.1 Å². The van der Waals surface area contributed by atoms with Gasteiger partial charge in [-0.1, -0.05) is 30.3 Å². The van der Waals surface area contributed by atoms with E-state index in [1.807, 2.05) is 52.5 Å². The molecule has 0 aliphatic carbocycles. The summed E-state index contributed by atoms with van der Waals surface area (Å²) in [5.41, 5.74) is 0.316. The normalized spacial score (nSPS) is 24.1. The highest BCUT2D eigenvalue weighted by atomic mass is 32.1. The van der Waals surface area contributed by atoms with Crippen LogP contribution < -0.4 is 0 Å². The van der Waals surface area contributed by atoms with Crippen molar-refractivity contribution < 1.29 is 4.42 Å². The number of hydrogen-bond acceptors (Lipinski definition) is 7. The molecule has 0 fully saturated rings. The standard InChI is InChI=1S/C14H12N4OS2/c20-13-15-11(9-5-2-1-3-6-9)17-14(21)16-12(18(13)17)10-7-4-8-19-10/h1-8,13-14,20-21H. The lowest BCUT2D eigenvalue weighted by atomic mass is 10.2. The van der Waals surface area contributed by atoms with Crippen LogP contribution in [0.3, 0.4) is 0 Å². The summed E-state index contributed by atoms with van der Waals surface area (Å²) < 4.78 is 5.45. The molecule has 21 heavy (non-hydrogen) atoms. The molecule has 0 spiro atoms. The molecule has 0 radical (unpaired) electrons. The van der Waals surface area contributed by atoms with E-state index in [2.05, 4.69) is 35.2 Å². The summed E-state index contributed by atoms with van der Waals surface area (Å²) in [6.07, 6.45) is 1.62. The second-order valence-electron chi connectivity index (χ2n) is 4.63. The smallest absolute Gasteiger partial charge is 0.192 e. The van der Waals surface area contributed by atoms with Gasteiger partial charge in [-0.15, -0.1) is 25.3 Å². The summed E-state index contributed by atoms with van der Waals surface area (Å²) >= 11 is 9.10. The van der Waals surface area contributed by atoms with Gasteiger partial charge < -0.3 is 4.42 Å². The first kappa shape index (κ1) is 12.8. The Balaban J connectivity index is 1.74. The molecule has 1 aromatic carbocycles. The molecule has 2 unspecified atom stereocenters. The van der Waals surface area contributed by atoms with Crippen molar-refractivity contribution in [1.82, 2.24) is 10.0 Å². The SMILES string of the molecule is SC1N=C(c2ccco2)N2C(S)N=C(c3ccccc3)N12. The van der Waals surface area contributed by atoms with Crippen molar-refractivity contribution in [3.63, 3.8) is 0 Å². The van der Waals surface area contributed by atoms with Gasteiger partial charge >= 0.3 is 0 Å². The highest BCUT2D eigenvalue weighted by molar-refractivity contribution is 7.81. The molecule has 2 atom stereocenters. The van der Waals surface area contributed by atoms with Crippen LogP contribution in [0.15, 0.2) is 63.1 Å². The Bertz CT molecular complexity index is 714. The maximum absolute atomic E-state index is 5.45. The predicted octanol–water partition coefficient (Wildman–Crippen LogP) is 2.45. The second-order valence-corrected chi connectivity index (χ2v) is 5.55. The molecule has 2 aliphatic rings. The lowest BCUT2D eigenvalue weighted by Crippen LogP contribution is -2.44. The Kier molecular flexibility index (Phi) is 2.97. The van der Waals surface area contributed by atoms with Crippen molar-refractivity contribution in [3.8, 4) is 0 Å². The highest BCUT2D eigenvalue weighted by Crippen LogP contribution is 2.33. The van der Waals surface area contributed by atoms with Gasteiger partial charge in [-0.3, -0.25) is 0 Å². The number of nitrogens with zero attached hydrogens (tertiary/aromatic N) is 4. The maximum atomic E-state index is 5.45. The van der Waals surface area contributed by atoms with Gasteiger partial charge in [0, 0.05) is 5.56 Å². The molecule has 7 heteroatoms. The first-order valence-corrected chi connectivity index (χ1v) is 7.48. The van der Waals surface area contributed by atoms with Crippen molar-refractivity contribution >= 4 is 36.9 Å². The van der Waals surface area contributed by atoms with E-state index >= 15 is 0 Å². The molecule has 3 heterocycles. The number of hydrogen-bond donors (Lipinski definition) is 2. The van der Waals surface area contributed by atoms with Crippen LogP contribution in [0.25, 0.3) is 0 Å². The third-order valence-electron chi connectivity index (χ3n) is 3.35. The van der Waals surface area contributed by atoms with Gasteiger partial charge in [-0.2, -0.15) is 0 Å². The number of rotatable bonds is 2. The summed E-state index contributed by atoms with van der Waals surface area (Å²) in [6.45, 7) is 0. The van der Waals surface area contributed by atoms with Crippen LogP contribution in [0.5, 0.6) is 0 Å². The molecule has 2 aliphatic heterocycles. The quantitative estimate of drug-likeness (QED) is 0.837. The van der Waals surface area contributed by atoms with E-state index in [-0.39, 0.29) is 11.0 Å². The van der Waals surface area contributed by atoms with E-state index in [0.29, 0.717) is 11.6 Å². The van der Waals surface area contributed by atoms with Crippen LogP contribution in [-0.4, -0.2) is 32.7 Å². The Morgan fingerprint density at radius 1 is 0.857 bits per heavy atom. The fourth-order valence-electron chi connectivity index (χ4n) is 2.47. The van der Waals surface area contributed by atoms with Gasteiger partial charge in [0.25, 0.3) is 0 Å². The average molecular weight is 316 g/mol. The van der Waals surface area contributed by atoms with Crippen molar-refractivity contribution in [1.29, 1.82) is 0 Å². The van der Waals surface area contributed by atoms with Crippen molar-refractivity contribution in [2.24, 2.45) is 9.98 Å². The molecule has 0 saturated carbocycles. The minimum atomic E-state index is -0.346. The van der Waals surface area contributed by atoms with Crippen LogP contribution in [0.4, 0.5) is 0 Å². The van der Waals surface area contributed by atoms with Gasteiger partial charge in [0.1, 0.15) is 0 Å². The third kappa shape index (κ3) is 1.96. The summed E-state index contributed by atoms with van der Waals surface area (Å²) in [5.74, 6) is 2.18. The molecule has 0 N–H and O–H groups in total. The number of furan rings is 1. The molecule has 5 nitrogen and oxygen atoms in total. The van der Waals surface area contributed by atoms with Crippen molar-refractivity contribution in [2.75, 3.05) is 0 Å². The summed E-state index contributed by atoms with van der Waals surface area (Å²) in [4.78, 5) is 9.17. The average Bonchev–Trinajstić information content (AvgIpc) is 3.19.